The maximum absolute atomic E-state index is 13.0. The lowest BCUT2D eigenvalue weighted by Crippen LogP contribution is -2.46. The third-order valence-corrected chi connectivity index (χ3v) is 7.58. The number of halogens is 3. The first-order valence-corrected chi connectivity index (χ1v) is 12.8. The van der Waals surface area contributed by atoms with Gasteiger partial charge >= 0.3 is 6.36 Å². The number of carbonyl (C=O) groups is 1. The number of alkyl halides is 3. The Hall–Kier alpha value is -3.60. The number of carbonyl (C=O) groups excluding carboxylic acids is 1. The van der Waals surface area contributed by atoms with Crippen LogP contribution in [0, 0.1) is 0 Å². The highest BCUT2D eigenvalue weighted by molar-refractivity contribution is 5.92. The summed E-state index contributed by atoms with van der Waals surface area (Å²) in [6.45, 7) is 0.195. The van der Waals surface area contributed by atoms with Crippen LogP contribution in [0.25, 0.3) is 11.3 Å². The molecule has 3 atom stereocenters. The summed E-state index contributed by atoms with van der Waals surface area (Å²) < 4.78 is 55.4. The molecule has 4 heterocycles. The molecule has 3 fully saturated rings. The molecule has 8 nitrogen and oxygen atoms in total. The van der Waals surface area contributed by atoms with Crippen LogP contribution in [0.5, 0.6) is 5.75 Å². The molecule has 0 spiro atoms. The lowest BCUT2D eigenvalue weighted by Gasteiger charge is -2.39. The number of anilines is 1. The molecular weight excluding hydrogens is 501 g/mol. The van der Waals surface area contributed by atoms with Crippen molar-refractivity contribution in [3.8, 4) is 17.0 Å². The number of amides is 1. The number of fused-ring (bicyclic) bond motifs is 2. The fourth-order valence-corrected chi connectivity index (χ4v) is 5.74. The van der Waals surface area contributed by atoms with Crippen molar-refractivity contribution in [2.24, 2.45) is 5.73 Å². The molecule has 3 aliphatic rings. The molecule has 11 heteroatoms. The third kappa shape index (κ3) is 4.94. The molecule has 0 radical (unpaired) electrons. The summed E-state index contributed by atoms with van der Waals surface area (Å²) in [5.74, 6) is 0.877. The summed E-state index contributed by atoms with van der Waals surface area (Å²) in [4.78, 5) is 18.2. The second kappa shape index (κ2) is 9.61. The molecule has 3 aromatic rings. The average molecular weight is 529 g/mol. The quantitative estimate of drug-likeness (QED) is 0.422. The minimum Gasteiger partial charge on any atom is -0.405 e. The van der Waals surface area contributed by atoms with E-state index in [1.54, 1.807) is 18.2 Å². The van der Waals surface area contributed by atoms with E-state index in [0.29, 0.717) is 22.6 Å². The first-order valence-electron chi connectivity index (χ1n) is 12.8. The second-order valence-electron chi connectivity index (χ2n) is 10.2. The zero-order valence-electron chi connectivity index (χ0n) is 20.5. The zero-order valence-corrected chi connectivity index (χ0v) is 20.5. The molecule has 2 saturated heterocycles. The van der Waals surface area contributed by atoms with E-state index in [-0.39, 0.29) is 42.0 Å². The summed E-state index contributed by atoms with van der Waals surface area (Å²) >= 11 is 0. The molecular formula is C27H27F3N4O4. The number of rotatable bonds is 8. The Morgan fingerprint density at radius 1 is 1.08 bits per heavy atom. The van der Waals surface area contributed by atoms with Crippen molar-refractivity contribution in [3.05, 3.63) is 59.5 Å². The van der Waals surface area contributed by atoms with Gasteiger partial charge in [0.2, 0.25) is 5.91 Å². The molecule has 200 valence electrons. The highest BCUT2D eigenvalue weighted by Gasteiger charge is 2.42. The van der Waals surface area contributed by atoms with Gasteiger partial charge in [0.1, 0.15) is 23.0 Å². The summed E-state index contributed by atoms with van der Waals surface area (Å²) in [6, 6.07) is 9.98. The number of ether oxygens (including phenoxy) is 2. The predicted molar refractivity (Wildman–Crippen MR) is 130 cm³/mol. The first kappa shape index (κ1) is 24.7. The number of nitrogens with two attached hydrogens (primary N) is 1. The molecule has 1 saturated carbocycles. The normalized spacial score (nSPS) is 23.0. The minimum atomic E-state index is -4.82. The lowest BCUT2D eigenvalue weighted by atomic mass is 9.99. The van der Waals surface area contributed by atoms with Crippen molar-refractivity contribution >= 4 is 11.7 Å². The number of aromatic nitrogens is 2. The van der Waals surface area contributed by atoms with Crippen molar-refractivity contribution in [1.29, 1.82) is 0 Å². The number of hydrogen-bond donors (Lipinski definition) is 1. The molecule has 1 aromatic carbocycles. The highest BCUT2D eigenvalue weighted by Crippen LogP contribution is 2.46. The second-order valence-corrected chi connectivity index (χ2v) is 10.2. The van der Waals surface area contributed by atoms with E-state index in [9.17, 15) is 18.0 Å². The van der Waals surface area contributed by atoms with Crippen molar-refractivity contribution in [3.63, 3.8) is 0 Å². The number of pyridine rings is 1. The number of para-hydroxylation sites is 1. The van der Waals surface area contributed by atoms with E-state index >= 15 is 0 Å². The van der Waals surface area contributed by atoms with Gasteiger partial charge in [0.05, 0.1) is 18.3 Å². The van der Waals surface area contributed by atoms with Gasteiger partial charge in [0.15, 0.2) is 0 Å². The lowest BCUT2D eigenvalue weighted by molar-refractivity contribution is -0.274. The number of primary amides is 1. The third-order valence-electron chi connectivity index (χ3n) is 7.58. The Bertz CT molecular complexity index is 1310. The molecule has 1 aliphatic carbocycles. The van der Waals surface area contributed by atoms with Crippen LogP contribution in [0.4, 0.5) is 19.0 Å². The molecule has 2 aromatic heterocycles. The van der Waals surface area contributed by atoms with Crippen LogP contribution >= 0.6 is 0 Å². The van der Waals surface area contributed by atoms with Crippen molar-refractivity contribution in [1.82, 2.24) is 10.1 Å². The first-order chi connectivity index (χ1) is 18.3. The number of nitrogens with zero attached hydrogens (tertiary/aromatic N) is 3. The number of hydrogen-bond acceptors (Lipinski definition) is 7. The van der Waals surface area contributed by atoms with Crippen LogP contribution in [0.3, 0.4) is 0 Å². The average Bonchev–Trinajstić information content (AvgIpc) is 3.58. The molecule has 2 aliphatic heterocycles. The number of piperidine rings is 1. The zero-order chi connectivity index (χ0) is 26.4. The van der Waals surface area contributed by atoms with E-state index in [0.717, 1.165) is 44.3 Å². The predicted octanol–water partition coefficient (Wildman–Crippen LogP) is 5.33. The largest absolute Gasteiger partial charge is 0.573 e. The molecule has 6 rings (SSSR count). The summed E-state index contributed by atoms with van der Waals surface area (Å²) in [5, 5.41) is 4.16. The Balaban J connectivity index is 1.19. The van der Waals surface area contributed by atoms with Gasteiger partial charge in [-0.3, -0.25) is 4.79 Å². The molecule has 2 N–H and O–H groups in total. The Morgan fingerprint density at radius 3 is 2.45 bits per heavy atom. The number of benzene rings is 1. The Morgan fingerprint density at radius 2 is 1.82 bits per heavy atom. The van der Waals surface area contributed by atoms with Gasteiger partial charge in [0, 0.05) is 35.3 Å². The smallest absolute Gasteiger partial charge is 0.405 e. The van der Waals surface area contributed by atoms with Gasteiger partial charge < -0.3 is 24.6 Å². The molecule has 2 bridgehead atoms. The van der Waals surface area contributed by atoms with Gasteiger partial charge in [-0.15, -0.1) is 13.2 Å². The van der Waals surface area contributed by atoms with Gasteiger partial charge in [-0.2, -0.15) is 0 Å². The maximum Gasteiger partial charge on any atom is 0.573 e. The van der Waals surface area contributed by atoms with Gasteiger partial charge in [-0.1, -0.05) is 17.3 Å². The summed E-state index contributed by atoms with van der Waals surface area (Å²) in [5.41, 5.74) is 6.94. The van der Waals surface area contributed by atoms with Crippen LogP contribution in [0.2, 0.25) is 0 Å². The van der Waals surface area contributed by atoms with E-state index in [1.807, 2.05) is 6.07 Å². The molecule has 1 unspecified atom stereocenters. The Labute approximate surface area is 216 Å². The van der Waals surface area contributed by atoms with Gasteiger partial charge in [0.25, 0.3) is 0 Å². The van der Waals surface area contributed by atoms with Crippen molar-refractivity contribution in [2.45, 2.75) is 75.6 Å². The summed E-state index contributed by atoms with van der Waals surface area (Å²) in [7, 11) is 0. The van der Waals surface area contributed by atoms with E-state index in [2.05, 4.69) is 19.8 Å². The molecule has 38 heavy (non-hydrogen) atoms. The fourth-order valence-electron chi connectivity index (χ4n) is 5.74. The monoisotopic (exact) mass is 528 g/mol. The topological polar surface area (TPSA) is 104 Å². The van der Waals surface area contributed by atoms with Crippen LogP contribution < -0.4 is 15.4 Å². The minimum absolute atomic E-state index is 0.0230. The van der Waals surface area contributed by atoms with Crippen LogP contribution in [0.15, 0.2) is 47.1 Å². The maximum atomic E-state index is 13.0. The fraction of sp³-hybridized carbons (Fsp3) is 0.444. The van der Waals surface area contributed by atoms with Crippen LogP contribution in [-0.4, -0.2) is 40.6 Å². The highest BCUT2D eigenvalue weighted by atomic mass is 19.4. The van der Waals surface area contributed by atoms with E-state index in [4.69, 9.17) is 15.0 Å². The van der Waals surface area contributed by atoms with Crippen LogP contribution in [0.1, 0.15) is 66.1 Å². The van der Waals surface area contributed by atoms with Gasteiger partial charge in [-0.05, 0) is 62.8 Å². The van der Waals surface area contributed by atoms with Gasteiger partial charge in [-0.25, -0.2) is 4.98 Å². The molecule has 1 amide bonds. The standard InChI is InChI=1S/C27H27F3N4O4/c28-27(29,30)37-22-4-2-1-3-20(22)24-21(25(38-33-24)15-5-6-15)14-36-19-11-17-8-9-18(12-19)34(17)23-10-7-16(13-32-23)26(31)35/h1-4,7,10,13,15,17-19H,5-6,8-9,11-12,14H2,(H2,31,35)/t17-,18+,19?. The van der Waals surface area contributed by atoms with Crippen molar-refractivity contribution < 1.29 is 32.0 Å². The SMILES string of the molecule is NC(=O)c1ccc(N2[C@@H]3CC[C@H]2CC(OCc2c(-c4ccccc4OC(F)(F)F)noc2C2CC2)C3)nc1. The van der Waals surface area contributed by atoms with Crippen LogP contribution in [-0.2, 0) is 11.3 Å². The van der Waals surface area contributed by atoms with Crippen molar-refractivity contribution in [2.75, 3.05) is 4.90 Å². The van der Waals surface area contributed by atoms with E-state index < -0.39 is 12.3 Å². The van der Waals surface area contributed by atoms with E-state index in [1.165, 1.54) is 18.3 Å². The summed E-state index contributed by atoms with van der Waals surface area (Å²) in [6.07, 6.45) is 2.18. The Kier molecular flexibility index (Phi) is 6.25.